The molecule has 1 spiro atoms. The third-order valence-corrected chi connectivity index (χ3v) is 4.04. The fourth-order valence-corrected chi connectivity index (χ4v) is 3.05. The molecule has 0 radical (unpaired) electrons. The van der Waals surface area contributed by atoms with Crippen LogP contribution in [-0.4, -0.2) is 56.5 Å². The van der Waals surface area contributed by atoms with Gasteiger partial charge in [-0.15, -0.1) is 12.1 Å². The summed E-state index contributed by atoms with van der Waals surface area (Å²) in [6, 6.07) is 0. The van der Waals surface area contributed by atoms with Crippen molar-refractivity contribution in [3.63, 3.8) is 0 Å². The monoisotopic (exact) mass is 286 g/mol. The molecule has 2 aliphatic rings. The standard InChI is InChI=1S/C11H19BF3N2.K/c1-10(12(13,14)15)7-17-6-4-11(9-17)3-5-16(2)8-11;/h1,3-9H2,2H3;/q-1;+1. The predicted molar refractivity (Wildman–Crippen MR) is 63.8 cm³/mol. The first-order chi connectivity index (χ1) is 7.81. The van der Waals surface area contributed by atoms with Crippen molar-refractivity contribution in [2.45, 2.75) is 12.8 Å². The van der Waals surface area contributed by atoms with E-state index >= 15 is 0 Å². The van der Waals surface area contributed by atoms with Gasteiger partial charge in [-0.3, -0.25) is 0 Å². The van der Waals surface area contributed by atoms with Crippen molar-refractivity contribution in [2.75, 3.05) is 39.8 Å². The largest absolute Gasteiger partial charge is 1.00 e. The van der Waals surface area contributed by atoms with E-state index in [1.807, 2.05) is 4.90 Å². The molecule has 0 N–H and O–H groups in total. The molecule has 2 saturated heterocycles. The normalized spacial score (nSPS) is 29.8. The van der Waals surface area contributed by atoms with Gasteiger partial charge < -0.3 is 22.7 Å². The first-order valence-corrected chi connectivity index (χ1v) is 6.09. The van der Waals surface area contributed by atoms with Crippen molar-refractivity contribution < 1.29 is 64.3 Å². The van der Waals surface area contributed by atoms with Crippen LogP contribution in [-0.2, 0) is 0 Å². The van der Waals surface area contributed by atoms with Crippen LogP contribution in [0.25, 0.3) is 0 Å². The Morgan fingerprint density at radius 3 is 2.33 bits per heavy atom. The number of halogens is 3. The van der Waals surface area contributed by atoms with Crippen LogP contribution < -0.4 is 51.4 Å². The quantitative estimate of drug-likeness (QED) is 0.612. The maximum Gasteiger partial charge on any atom is 1.00 e. The van der Waals surface area contributed by atoms with Gasteiger partial charge in [0, 0.05) is 13.1 Å². The van der Waals surface area contributed by atoms with Gasteiger partial charge >= 0.3 is 58.4 Å². The number of hydrogen-bond acceptors (Lipinski definition) is 2. The van der Waals surface area contributed by atoms with Crippen LogP contribution in [0.2, 0.25) is 0 Å². The number of nitrogens with zero attached hydrogens (tertiary/aromatic N) is 2. The number of rotatable bonds is 3. The molecule has 0 aromatic heterocycles. The molecule has 2 nitrogen and oxygen atoms in total. The second-order valence-corrected chi connectivity index (χ2v) is 5.68. The second kappa shape index (κ2) is 6.28. The summed E-state index contributed by atoms with van der Waals surface area (Å²) in [6.07, 6.45) is 2.14. The molecule has 1 atom stereocenters. The van der Waals surface area contributed by atoms with Gasteiger partial charge in [-0.2, -0.15) is 0 Å². The second-order valence-electron chi connectivity index (χ2n) is 5.68. The van der Waals surface area contributed by atoms with Gasteiger partial charge in [0.1, 0.15) is 0 Å². The molecule has 2 rings (SSSR count). The molecule has 0 saturated carbocycles. The summed E-state index contributed by atoms with van der Waals surface area (Å²) < 4.78 is 37.4. The maximum absolute atomic E-state index is 12.5. The Kier molecular flexibility index (Phi) is 6.01. The summed E-state index contributed by atoms with van der Waals surface area (Å²) >= 11 is 0. The summed E-state index contributed by atoms with van der Waals surface area (Å²) in [5.41, 5.74) is -0.318. The molecule has 2 aliphatic heterocycles. The number of likely N-dealkylation sites (tertiary alicyclic amines) is 2. The van der Waals surface area contributed by atoms with Gasteiger partial charge in [0.2, 0.25) is 0 Å². The zero-order chi connectivity index (χ0) is 12.7. The van der Waals surface area contributed by atoms with Crippen molar-refractivity contribution in [3.05, 3.63) is 12.1 Å². The summed E-state index contributed by atoms with van der Waals surface area (Å²) in [7, 11) is 2.08. The van der Waals surface area contributed by atoms with Gasteiger partial charge in [0.25, 0.3) is 0 Å². The van der Waals surface area contributed by atoms with Crippen LogP contribution in [0.3, 0.4) is 0 Å². The average molecular weight is 286 g/mol. The van der Waals surface area contributed by atoms with Crippen LogP contribution in [0.5, 0.6) is 0 Å². The molecule has 0 aromatic carbocycles. The summed E-state index contributed by atoms with van der Waals surface area (Å²) in [5.74, 6) is 0. The Morgan fingerprint density at radius 2 is 1.83 bits per heavy atom. The first-order valence-electron chi connectivity index (χ1n) is 6.09. The summed E-state index contributed by atoms with van der Waals surface area (Å²) in [4.78, 5) is 4.18. The van der Waals surface area contributed by atoms with Crippen molar-refractivity contribution in [2.24, 2.45) is 5.41 Å². The zero-order valence-electron chi connectivity index (χ0n) is 11.3. The fourth-order valence-electron chi connectivity index (χ4n) is 3.05. The van der Waals surface area contributed by atoms with Gasteiger partial charge in [-0.25, -0.2) is 0 Å². The Balaban J connectivity index is 0.00000162. The number of hydrogen-bond donors (Lipinski definition) is 0. The van der Waals surface area contributed by atoms with E-state index in [-0.39, 0.29) is 63.3 Å². The first kappa shape index (κ1) is 17.2. The van der Waals surface area contributed by atoms with Gasteiger partial charge in [0.15, 0.2) is 0 Å². The minimum absolute atomic E-state index is 0. The zero-order valence-corrected chi connectivity index (χ0v) is 14.4. The third-order valence-electron chi connectivity index (χ3n) is 4.04. The van der Waals surface area contributed by atoms with Crippen molar-refractivity contribution in [1.82, 2.24) is 9.80 Å². The van der Waals surface area contributed by atoms with Crippen molar-refractivity contribution in [3.8, 4) is 0 Å². The van der Waals surface area contributed by atoms with E-state index in [9.17, 15) is 12.9 Å². The summed E-state index contributed by atoms with van der Waals surface area (Å²) in [6.45, 7) is 1.95. The van der Waals surface area contributed by atoms with E-state index in [0.717, 1.165) is 39.0 Å². The smallest absolute Gasteiger partial charge is 0.445 e. The average Bonchev–Trinajstić information content (AvgIpc) is 2.74. The van der Waals surface area contributed by atoms with E-state index in [1.54, 1.807) is 0 Å². The summed E-state index contributed by atoms with van der Waals surface area (Å²) in [5, 5.41) is 0. The molecule has 7 heteroatoms. The molecular weight excluding hydrogens is 267 g/mol. The molecular formula is C11H19BF3KN2. The topological polar surface area (TPSA) is 6.48 Å². The van der Waals surface area contributed by atoms with E-state index in [2.05, 4.69) is 18.5 Å². The molecule has 18 heavy (non-hydrogen) atoms. The van der Waals surface area contributed by atoms with Crippen molar-refractivity contribution >= 4 is 6.98 Å². The third kappa shape index (κ3) is 4.07. The molecule has 0 aromatic rings. The minimum atomic E-state index is -4.87. The van der Waals surface area contributed by atoms with Crippen LogP contribution in [0.15, 0.2) is 12.1 Å². The Morgan fingerprint density at radius 1 is 1.22 bits per heavy atom. The van der Waals surface area contributed by atoms with Crippen LogP contribution in [0.4, 0.5) is 12.9 Å². The molecule has 0 amide bonds. The van der Waals surface area contributed by atoms with Crippen LogP contribution >= 0.6 is 0 Å². The molecule has 1 unspecified atom stereocenters. The SMILES string of the molecule is C=C(CN1CCC2(CCN(C)C2)C1)[B-](F)(F)F.[K+]. The Bertz CT molecular complexity index is 324. The van der Waals surface area contributed by atoms with E-state index in [0.29, 0.717) is 0 Å². The van der Waals surface area contributed by atoms with E-state index < -0.39 is 12.4 Å². The molecule has 0 bridgehead atoms. The van der Waals surface area contributed by atoms with Gasteiger partial charge in [-0.1, -0.05) is 0 Å². The fraction of sp³-hybridized carbons (Fsp3) is 0.818. The molecule has 0 aliphatic carbocycles. The molecule has 98 valence electrons. The van der Waals surface area contributed by atoms with Gasteiger partial charge in [0.05, 0.1) is 0 Å². The van der Waals surface area contributed by atoms with Crippen molar-refractivity contribution in [1.29, 1.82) is 0 Å². The van der Waals surface area contributed by atoms with E-state index in [1.165, 1.54) is 0 Å². The van der Waals surface area contributed by atoms with Gasteiger partial charge in [-0.05, 0) is 44.9 Å². The Labute approximate surface area is 149 Å². The van der Waals surface area contributed by atoms with Crippen LogP contribution in [0, 0.1) is 5.41 Å². The molecule has 2 heterocycles. The Hall–Kier alpha value is 1.15. The van der Waals surface area contributed by atoms with E-state index in [4.69, 9.17) is 0 Å². The minimum Gasteiger partial charge on any atom is -0.445 e. The molecule has 2 fully saturated rings. The predicted octanol–water partition coefficient (Wildman–Crippen LogP) is -1.04. The maximum atomic E-state index is 12.5. The van der Waals surface area contributed by atoms with Crippen LogP contribution in [0.1, 0.15) is 12.8 Å².